The Morgan fingerprint density at radius 1 is 1.04 bits per heavy atom. The largest absolute Gasteiger partial charge is 0.493 e. The zero-order valence-electron chi connectivity index (χ0n) is 17.1. The van der Waals surface area contributed by atoms with Crippen LogP contribution < -0.4 is 9.47 Å². The number of amides is 1. The molecule has 1 aliphatic rings. The number of benzene rings is 2. The van der Waals surface area contributed by atoms with Crippen molar-refractivity contribution in [3.63, 3.8) is 0 Å². The predicted molar refractivity (Wildman–Crippen MR) is 111 cm³/mol. The molecule has 0 aromatic heterocycles. The molecule has 1 heterocycles. The van der Waals surface area contributed by atoms with Crippen molar-refractivity contribution in [2.45, 2.75) is 25.3 Å². The van der Waals surface area contributed by atoms with Gasteiger partial charge in [-0.15, -0.1) is 0 Å². The highest BCUT2D eigenvalue weighted by molar-refractivity contribution is 5.83. The first kappa shape index (κ1) is 20.2. The van der Waals surface area contributed by atoms with Crippen LogP contribution in [0.25, 0.3) is 0 Å². The van der Waals surface area contributed by atoms with Crippen LogP contribution in [0.2, 0.25) is 0 Å². The minimum absolute atomic E-state index is 0.207. The molecule has 0 radical (unpaired) electrons. The molecule has 1 atom stereocenters. The maximum Gasteiger partial charge on any atom is 0.244 e. The first-order valence-corrected chi connectivity index (χ1v) is 9.89. The van der Waals surface area contributed by atoms with Crippen molar-refractivity contribution in [2.75, 3.05) is 40.9 Å². The van der Waals surface area contributed by atoms with Crippen molar-refractivity contribution in [3.8, 4) is 11.5 Å². The third-order valence-corrected chi connectivity index (χ3v) is 5.41. The summed E-state index contributed by atoms with van der Waals surface area (Å²) < 4.78 is 10.7. The Balaban J connectivity index is 1.74. The van der Waals surface area contributed by atoms with Gasteiger partial charge in [0, 0.05) is 19.6 Å². The SMILES string of the molecule is COc1ccc(CCN(C)[C@@H](C(=O)N2CCCC2)c2ccccc2)cc1OC. The molecular weight excluding hydrogens is 352 g/mol. The van der Waals surface area contributed by atoms with Crippen LogP contribution in [0.1, 0.15) is 30.0 Å². The molecule has 0 spiro atoms. The van der Waals surface area contributed by atoms with Crippen molar-refractivity contribution >= 4 is 5.91 Å². The molecule has 5 nitrogen and oxygen atoms in total. The zero-order chi connectivity index (χ0) is 19.9. The third kappa shape index (κ3) is 4.65. The number of hydrogen-bond donors (Lipinski definition) is 0. The molecule has 0 saturated carbocycles. The van der Waals surface area contributed by atoms with Crippen molar-refractivity contribution in [2.24, 2.45) is 0 Å². The molecule has 0 unspecified atom stereocenters. The third-order valence-electron chi connectivity index (χ3n) is 5.41. The van der Waals surface area contributed by atoms with Gasteiger partial charge in [0.1, 0.15) is 6.04 Å². The van der Waals surface area contributed by atoms with Crippen molar-refractivity contribution < 1.29 is 14.3 Å². The monoisotopic (exact) mass is 382 g/mol. The van der Waals surface area contributed by atoms with Crippen LogP contribution in [-0.4, -0.2) is 56.6 Å². The second-order valence-corrected chi connectivity index (χ2v) is 7.27. The van der Waals surface area contributed by atoms with E-state index in [1.54, 1.807) is 14.2 Å². The average Bonchev–Trinajstić information content (AvgIpc) is 3.28. The van der Waals surface area contributed by atoms with E-state index in [0.717, 1.165) is 61.5 Å². The number of hydrogen-bond acceptors (Lipinski definition) is 4. The molecule has 1 saturated heterocycles. The van der Waals surface area contributed by atoms with E-state index in [1.165, 1.54) is 0 Å². The lowest BCUT2D eigenvalue weighted by atomic mass is 10.0. The molecule has 28 heavy (non-hydrogen) atoms. The average molecular weight is 383 g/mol. The second-order valence-electron chi connectivity index (χ2n) is 7.27. The van der Waals surface area contributed by atoms with Gasteiger partial charge in [-0.1, -0.05) is 36.4 Å². The van der Waals surface area contributed by atoms with E-state index in [2.05, 4.69) is 11.0 Å². The number of carbonyl (C=O) groups is 1. The number of rotatable bonds is 8. The lowest BCUT2D eigenvalue weighted by Crippen LogP contribution is -2.41. The first-order chi connectivity index (χ1) is 13.6. The van der Waals surface area contributed by atoms with Crippen molar-refractivity contribution in [1.82, 2.24) is 9.80 Å². The van der Waals surface area contributed by atoms with E-state index in [0.29, 0.717) is 0 Å². The summed E-state index contributed by atoms with van der Waals surface area (Å²) in [5, 5.41) is 0. The van der Waals surface area contributed by atoms with E-state index in [4.69, 9.17) is 9.47 Å². The van der Waals surface area contributed by atoms with Crippen LogP contribution in [0.4, 0.5) is 0 Å². The van der Waals surface area contributed by atoms with Gasteiger partial charge in [-0.3, -0.25) is 9.69 Å². The second kappa shape index (κ2) is 9.60. The van der Waals surface area contributed by atoms with E-state index in [-0.39, 0.29) is 11.9 Å². The summed E-state index contributed by atoms with van der Waals surface area (Å²) >= 11 is 0. The van der Waals surface area contributed by atoms with Gasteiger partial charge < -0.3 is 14.4 Å². The Morgan fingerprint density at radius 3 is 2.36 bits per heavy atom. The summed E-state index contributed by atoms with van der Waals surface area (Å²) in [6.45, 7) is 2.51. The number of nitrogens with zero attached hydrogens (tertiary/aromatic N) is 2. The highest BCUT2D eigenvalue weighted by atomic mass is 16.5. The van der Waals surface area contributed by atoms with Crippen molar-refractivity contribution in [1.29, 1.82) is 0 Å². The van der Waals surface area contributed by atoms with Crippen LogP contribution in [0.15, 0.2) is 48.5 Å². The highest BCUT2D eigenvalue weighted by Crippen LogP contribution is 2.29. The number of likely N-dealkylation sites (N-methyl/N-ethyl adjacent to an activating group) is 1. The minimum atomic E-state index is -0.251. The topological polar surface area (TPSA) is 42.0 Å². The van der Waals surface area contributed by atoms with E-state index < -0.39 is 0 Å². The molecule has 1 fully saturated rings. The molecule has 1 aliphatic heterocycles. The Morgan fingerprint density at radius 2 is 1.71 bits per heavy atom. The van der Waals surface area contributed by atoms with Crippen LogP contribution in [0.5, 0.6) is 11.5 Å². The first-order valence-electron chi connectivity index (χ1n) is 9.89. The summed E-state index contributed by atoms with van der Waals surface area (Å²) in [7, 11) is 5.32. The van der Waals surface area contributed by atoms with E-state index >= 15 is 0 Å². The van der Waals surface area contributed by atoms with E-state index in [9.17, 15) is 4.79 Å². The summed E-state index contributed by atoms with van der Waals surface area (Å²) in [6.07, 6.45) is 3.03. The molecule has 1 amide bonds. The normalized spacial score (nSPS) is 14.9. The van der Waals surface area contributed by atoms with Gasteiger partial charge in [0.2, 0.25) is 5.91 Å². The summed E-state index contributed by atoms with van der Waals surface area (Å²) in [4.78, 5) is 17.4. The molecule has 2 aromatic rings. The lowest BCUT2D eigenvalue weighted by Gasteiger charge is -2.31. The van der Waals surface area contributed by atoms with Gasteiger partial charge in [0.05, 0.1) is 14.2 Å². The number of carbonyl (C=O) groups excluding carboxylic acids is 1. The van der Waals surface area contributed by atoms with Crippen molar-refractivity contribution in [3.05, 3.63) is 59.7 Å². The molecular formula is C23H30N2O3. The Kier molecular flexibility index (Phi) is 6.93. The highest BCUT2D eigenvalue weighted by Gasteiger charge is 2.30. The van der Waals surface area contributed by atoms with Crippen LogP contribution in [0.3, 0.4) is 0 Å². The Hall–Kier alpha value is -2.53. The summed E-state index contributed by atoms with van der Waals surface area (Å²) in [5.74, 6) is 1.67. The Bertz CT molecular complexity index is 773. The molecule has 5 heteroatoms. The zero-order valence-corrected chi connectivity index (χ0v) is 17.1. The van der Waals surface area contributed by atoms with Crippen LogP contribution >= 0.6 is 0 Å². The number of ether oxygens (including phenoxy) is 2. The predicted octanol–water partition coefficient (Wildman–Crippen LogP) is 3.54. The number of methoxy groups -OCH3 is 2. The molecule has 0 bridgehead atoms. The van der Waals surface area contributed by atoms with Gasteiger partial charge >= 0.3 is 0 Å². The van der Waals surface area contributed by atoms with Gasteiger partial charge in [0.25, 0.3) is 0 Å². The van der Waals surface area contributed by atoms with Gasteiger partial charge in [-0.2, -0.15) is 0 Å². The summed E-state index contributed by atoms with van der Waals surface area (Å²) in [6, 6.07) is 15.8. The van der Waals surface area contributed by atoms with Crippen LogP contribution in [0, 0.1) is 0 Å². The van der Waals surface area contributed by atoms with Crippen LogP contribution in [-0.2, 0) is 11.2 Å². The molecule has 0 N–H and O–H groups in total. The molecule has 2 aromatic carbocycles. The molecule has 3 rings (SSSR count). The minimum Gasteiger partial charge on any atom is -0.493 e. The Labute approximate surface area is 167 Å². The molecule has 0 aliphatic carbocycles. The standard InChI is InChI=1S/C23H30N2O3/c1-24(16-13-18-11-12-20(27-2)21(17-18)28-3)22(19-9-5-4-6-10-19)23(26)25-14-7-8-15-25/h4-6,9-12,17,22H,7-8,13-16H2,1-3H3/t22-/m1/s1. The lowest BCUT2D eigenvalue weighted by molar-refractivity contribution is -0.135. The molecule has 150 valence electrons. The summed E-state index contributed by atoms with van der Waals surface area (Å²) in [5.41, 5.74) is 2.21. The number of likely N-dealkylation sites (tertiary alicyclic amines) is 1. The van der Waals surface area contributed by atoms with Gasteiger partial charge in [0.15, 0.2) is 11.5 Å². The smallest absolute Gasteiger partial charge is 0.244 e. The fourth-order valence-corrected chi connectivity index (χ4v) is 3.80. The fourth-order valence-electron chi connectivity index (χ4n) is 3.80. The van der Waals surface area contributed by atoms with Gasteiger partial charge in [-0.25, -0.2) is 0 Å². The fraction of sp³-hybridized carbons (Fsp3) is 0.435. The maximum absolute atomic E-state index is 13.2. The van der Waals surface area contributed by atoms with Gasteiger partial charge in [-0.05, 0) is 49.6 Å². The quantitative estimate of drug-likeness (QED) is 0.700. The van der Waals surface area contributed by atoms with E-state index in [1.807, 2.05) is 54.4 Å². The maximum atomic E-state index is 13.2.